The number of hydrogen-bond donors (Lipinski definition) is 1. The molecule has 0 saturated carbocycles. The lowest BCUT2D eigenvalue weighted by Crippen LogP contribution is -2.42. The van der Waals surface area contributed by atoms with Crippen molar-refractivity contribution in [2.75, 3.05) is 19.4 Å². The van der Waals surface area contributed by atoms with Crippen LogP contribution in [0.1, 0.15) is 12.0 Å². The monoisotopic (exact) mass is 309 g/mol. The number of rotatable bonds is 4. The van der Waals surface area contributed by atoms with Gasteiger partial charge in [0, 0.05) is 17.9 Å². The van der Waals surface area contributed by atoms with E-state index in [9.17, 15) is 14.7 Å². The van der Waals surface area contributed by atoms with Gasteiger partial charge in [0.25, 0.3) is 0 Å². The van der Waals surface area contributed by atoms with E-state index >= 15 is 0 Å². The molecule has 21 heavy (non-hydrogen) atoms. The Morgan fingerprint density at radius 2 is 2.05 bits per heavy atom. The van der Waals surface area contributed by atoms with Gasteiger partial charge in [0.2, 0.25) is 5.91 Å². The average molecular weight is 309 g/mol. The van der Waals surface area contributed by atoms with E-state index in [-0.39, 0.29) is 24.6 Å². The molecule has 2 atom stereocenters. The van der Waals surface area contributed by atoms with Crippen molar-refractivity contribution in [1.82, 2.24) is 4.90 Å². The first kappa shape index (κ1) is 15.9. The van der Waals surface area contributed by atoms with Crippen LogP contribution >= 0.6 is 11.8 Å². The lowest BCUT2D eigenvalue weighted by molar-refractivity contribution is -0.150. The van der Waals surface area contributed by atoms with Gasteiger partial charge in [-0.15, -0.1) is 11.8 Å². The minimum atomic E-state index is -0.670. The van der Waals surface area contributed by atoms with Crippen LogP contribution in [0.25, 0.3) is 0 Å². The smallest absolute Gasteiger partial charge is 0.328 e. The van der Waals surface area contributed by atoms with Crippen molar-refractivity contribution in [2.45, 2.75) is 30.4 Å². The first-order valence-electron chi connectivity index (χ1n) is 6.76. The number of β-amino-alcohol motifs (C(OH)–C–C–N with tert-alkyl or cyclic N) is 1. The second-order valence-corrected chi connectivity index (χ2v) is 6.13. The van der Waals surface area contributed by atoms with Gasteiger partial charge in [-0.05, 0) is 19.1 Å². The topological polar surface area (TPSA) is 66.8 Å². The number of carbonyl (C=O) groups is 2. The Morgan fingerprint density at radius 1 is 1.38 bits per heavy atom. The summed E-state index contributed by atoms with van der Waals surface area (Å²) >= 11 is 1.42. The number of methoxy groups -OCH3 is 1. The van der Waals surface area contributed by atoms with Crippen LogP contribution in [-0.4, -0.2) is 53.4 Å². The van der Waals surface area contributed by atoms with E-state index in [4.69, 9.17) is 0 Å². The summed E-state index contributed by atoms with van der Waals surface area (Å²) in [7, 11) is 1.29. The summed E-state index contributed by atoms with van der Waals surface area (Å²) in [5.74, 6) is -0.392. The van der Waals surface area contributed by atoms with Gasteiger partial charge in [0.1, 0.15) is 6.04 Å². The van der Waals surface area contributed by atoms with Crippen LogP contribution in [0.3, 0.4) is 0 Å². The fraction of sp³-hybridized carbons (Fsp3) is 0.467. The van der Waals surface area contributed by atoms with Crippen LogP contribution in [0.2, 0.25) is 0 Å². The number of nitrogens with zero attached hydrogens (tertiary/aromatic N) is 1. The molecular weight excluding hydrogens is 290 g/mol. The lowest BCUT2D eigenvalue weighted by Gasteiger charge is -2.22. The number of carbonyl (C=O) groups excluding carboxylic acids is 2. The summed E-state index contributed by atoms with van der Waals surface area (Å²) in [6.07, 6.45) is -0.421. The Balaban J connectivity index is 1.95. The number of thioether (sulfide) groups is 1. The third kappa shape index (κ3) is 3.98. The molecule has 2 rings (SSSR count). The molecule has 1 aliphatic rings. The molecule has 5 nitrogen and oxygen atoms in total. The number of likely N-dealkylation sites (tertiary alicyclic amines) is 1. The molecule has 1 heterocycles. The number of hydrogen-bond acceptors (Lipinski definition) is 5. The van der Waals surface area contributed by atoms with Crippen LogP contribution in [0.4, 0.5) is 0 Å². The van der Waals surface area contributed by atoms with Crippen LogP contribution in [0.15, 0.2) is 29.2 Å². The number of aliphatic hydroxyl groups excluding tert-OH is 1. The predicted octanol–water partition coefficient (Wildman–Crippen LogP) is 1.22. The first-order valence-corrected chi connectivity index (χ1v) is 7.74. The highest BCUT2D eigenvalue weighted by atomic mass is 32.2. The van der Waals surface area contributed by atoms with Gasteiger partial charge in [0.15, 0.2) is 0 Å². The predicted molar refractivity (Wildman–Crippen MR) is 80.0 cm³/mol. The molecule has 1 aromatic carbocycles. The molecule has 1 amide bonds. The molecule has 1 aliphatic heterocycles. The van der Waals surface area contributed by atoms with E-state index in [2.05, 4.69) is 4.74 Å². The second-order valence-electron chi connectivity index (χ2n) is 5.08. The Bertz CT molecular complexity index is 517. The minimum Gasteiger partial charge on any atom is -0.467 e. The molecule has 0 spiro atoms. The molecule has 0 aliphatic carbocycles. The van der Waals surface area contributed by atoms with Crippen molar-refractivity contribution in [2.24, 2.45) is 0 Å². The first-order chi connectivity index (χ1) is 10.0. The maximum absolute atomic E-state index is 12.2. The van der Waals surface area contributed by atoms with E-state index in [1.807, 2.05) is 31.2 Å². The number of amides is 1. The molecule has 0 radical (unpaired) electrons. The molecule has 0 aromatic heterocycles. The molecule has 1 saturated heterocycles. The van der Waals surface area contributed by atoms with Crippen LogP contribution in [0.5, 0.6) is 0 Å². The van der Waals surface area contributed by atoms with Crippen LogP contribution in [-0.2, 0) is 14.3 Å². The van der Waals surface area contributed by atoms with Crippen LogP contribution in [0, 0.1) is 6.92 Å². The Labute approximate surface area is 128 Å². The molecule has 1 N–H and O–H groups in total. The number of aryl methyl sites for hydroxylation is 1. The number of esters is 1. The van der Waals surface area contributed by atoms with Gasteiger partial charge in [-0.2, -0.15) is 0 Å². The highest BCUT2D eigenvalue weighted by Gasteiger charge is 2.39. The Hall–Kier alpha value is -1.53. The molecular formula is C15H19NO4S. The summed E-state index contributed by atoms with van der Waals surface area (Å²) < 4.78 is 4.69. The van der Waals surface area contributed by atoms with E-state index in [0.29, 0.717) is 0 Å². The molecule has 6 heteroatoms. The standard InChI is InChI=1S/C15H19NO4S/c1-10-3-5-12(6-4-10)21-9-14(18)16-8-11(17)7-13(16)15(19)20-2/h3-6,11,13,17H,7-9H2,1-2H3. The van der Waals surface area contributed by atoms with Crippen LogP contribution < -0.4 is 0 Å². The zero-order valence-corrected chi connectivity index (χ0v) is 12.9. The zero-order chi connectivity index (χ0) is 15.4. The van der Waals surface area contributed by atoms with Crippen molar-refractivity contribution in [1.29, 1.82) is 0 Å². The maximum Gasteiger partial charge on any atom is 0.328 e. The van der Waals surface area contributed by atoms with Gasteiger partial charge >= 0.3 is 5.97 Å². The SMILES string of the molecule is COC(=O)C1CC(O)CN1C(=O)CSc1ccc(C)cc1. The number of ether oxygens (including phenoxy) is 1. The summed E-state index contributed by atoms with van der Waals surface area (Å²) in [6.45, 7) is 2.19. The van der Waals surface area contributed by atoms with Gasteiger partial charge in [-0.1, -0.05) is 17.7 Å². The highest BCUT2D eigenvalue weighted by Crippen LogP contribution is 2.23. The molecule has 2 unspecified atom stereocenters. The lowest BCUT2D eigenvalue weighted by atomic mass is 10.2. The normalized spacial score (nSPS) is 21.4. The molecule has 0 bridgehead atoms. The Kier molecular flexibility index (Phi) is 5.25. The molecule has 1 aromatic rings. The van der Waals surface area contributed by atoms with Gasteiger partial charge in [-0.3, -0.25) is 4.79 Å². The summed E-state index contributed by atoms with van der Waals surface area (Å²) in [4.78, 5) is 26.3. The fourth-order valence-electron chi connectivity index (χ4n) is 2.31. The summed E-state index contributed by atoms with van der Waals surface area (Å²) in [5.41, 5.74) is 1.17. The van der Waals surface area contributed by atoms with E-state index in [1.54, 1.807) is 0 Å². The van der Waals surface area contributed by atoms with Crippen molar-refractivity contribution >= 4 is 23.6 Å². The van der Waals surface area contributed by atoms with Crippen molar-refractivity contribution in [3.8, 4) is 0 Å². The summed E-state index contributed by atoms with van der Waals surface area (Å²) in [5, 5.41) is 9.67. The minimum absolute atomic E-state index is 0.160. The van der Waals surface area contributed by atoms with Crippen molar-refractivity contribution in [3.63, 3.8) is 0 Å². The van der Waals surface area contributed by atoms with Crippen molar-refractivity contribution in [3.05, 3.63) is 29.8 Å². The number of benzene rings is 1. The zero-order valence-electron chi connectivity index (χ0n) is 12.1. The molecule has 1 fully saturated rings. The van der Waals surface area contributed by atoms with E-state index in [1.165, 1.54) is 29.3 Å². The third-order valence-corrected chi connectivity index (χ3v) is 4.45. The van der Waals surface area contributed by atoms with E-state index in [0.717, 1.165) is 4.90 Å². The highest BCUT2D eigenvalue weighted by molar-refractivity contribution is 8.00. The fourth-order valence-corrected chi connectivity index (χ4v) is 3.10. The molecule has 114 valence electrons. The second kappa shape index (κ2) is 6.95. The summed E-state index contributed by atoms with van der Waals surface area (Å²) in [6, 6.07) is 7.23. The number of aliphatic hydroxyl groups is 1. The van der Waals surface area contributed by atoms with E-state index < -0.39 is 18.1 Å². The Morgan fingerprint density at radius 3 is 2.67 bits per heavy atom. The largest absolute Gasteiger partial charge is 0.467 e. The third-order valence-electron chi connectivity index (χ3n) is 3.46. The maximum atomic E-state index is 12.2. The van der Waals surface area contributed by atoms with Gasteiger partial charge < -0.3 is 14.7 Å². The average Bonchev–Trinajstić information content (AvgIpc) is 2.87. The van der Waals surface area contributed by atoms with Crippen molar-refractivity contribution < 1.29 is 19.4 Å². The van der Waals surface area contributed by atoms with Gasteiger partial charge in [0.05, 0.1) is 19.0 Å². The van der Waals surface area contributed by atoms with Gasteiger partial charge in [-0.25, -0.2) is 4.79 Å². The quantitative estimate of drug-likeness (QED) is 0.669.